The van der Waals surface area contributed by atoms with Crippen molar-refractivity contribution >= 4 is 31.9 Å². The van der Waals surface area contributed by atoms with E-state index in [1.54, 1.807) is 0 Å². The molecule has 0 saturated heterocycles. The van der Waals surface area contributed by atoms with Gasteiger partial charge in [-0.15, -0.1) is 0 Å². The lowest BCUT2D eigenvalue weighted by atomic mass is 10.0. The average molecular weight is 308 g/mol. The molecule has 4 heteroatoms. The van der Waals surface area contributed by atoms with Gasteiger partial charge in [0, 0.05) is 21.0 Å². The second-order valence-corrected chi connectivity index (χ2v) is 4.82. The maximum absolute atomic E-state index is 5.93. The van der Waals surface area contributed by atoms with E-state index in [2.05, 4.69) is 31.9 Å². The van der Waals surface area contributed by atoms with Gasteiger partial charge in [-0.25, -0.2) is 0 Å². The van der Waals surface area contributed by atoms with Crippen LogP contribution in [0.25, 0.3) is 0 Å². The Morgan fingerprint density at radius 3 is 2.38 bits per heavy atom. The molecule has 0 aliphatic heterocycles. The zero-order valence-corrected chi connectivity index (χ0v) is 10.5. The number of benzene rings is 1. The smallest absolute Gasteiger partial charge is 0.0457 e. The summed E-state index contributed by atoms with van der Waals surface area (Å²) in [7, 11) is 0. The van der Waals surface area contributed by atoms with E-state index >= 15 is 0 Å². The van der Waals surface area contributed by atoms with E-state index in [-0.39, 0.29) is 12.1 Å². The largest absolute Gasteiger partial charge is 0.326 e. The number of rotatable bonds is 2. The van der Waals surface area contributed by atoms with Crippen LogP contribution in [0.2, 0.25) is 0 Å². The minimum atomic E-state index is -0.133. The van der Waals surface area contributed by atoms with E-state index in [1.165, 1.54) is 0 Å². The van der Waals surface area contributed by atoms with Crippen molar-refractivity contribution < 1.29 is 0 Å². The fraction of sp³-hybridized carbons (Fsp3) is 0.333. The van der Waals surface area contributed by atoms with Crippen LogP contribution in [0.4, 0.5) is 0 Å². The van der Waals surface area contributed by atoms with E-state index in [1.807, 2.05) is 25.1 Å². The molecule has 0 radical (unpaired) electrons. The molecular formula is C9H12Br2N2. The van der Waals surface area contributed by atoms with E-state index in [4.69, 9.17) is 11.5 Å². The zero-order valence-electron chi connectivity index (χ0n) is 7.30. The Kier molecular flexibility index (Phi) is 3.91. The van der Waals surface area contributed by atoms with Crippen molar-refractivity contribution in [2.24, 2.45) is 11.5 Å². The first-order valence-electron chi connectivity index (χ1n) is 3.98. The second-order valence-electron chi connectivity index (χ2n) is 3.05. The van der Waals surface area contributed by atoms with Gasteiger partial charge in [-0.2, -0.15) is 0 Å². The van der Waals surface area contributed by atoms with Crippen molar-refractivity contribution in [3.05, 3.63) is 32.7 Å². The highest BCUT2D eigenvalue weighted by Gasteiger charge is 2.13. The van der Waals surface area contributed by atoms with Gasteiger partial charge in [0.25, 0.3) is 0 Å². The Morgan fingerprint density at radius 2 is 1.85 bits per heavy atom. The molecule has 0 saturated carbocycles. The third kappa shape index (κ3) is 2.77. The third-order valence-electron chi connectivity index (χ3n) is 1.88. The first-order valence-corrected chi connectivity index (χ1v) is 5.57. The molecule has 72 valence electrons. The van der Waals surface area contributed by atoms with Gasteiger partial charge < -0.3 is 11.5 Å². The zero-order chi connectivity index (χ0) is 10.0. The van der Waals surface area contributed by atoms with Gasteiger partial charge in [0.1, 0.15) is 0 Å². The third-order valence-corrected chi connectivity index (χ3v) is 3.10. The van der Waals surface area contributed by atoms with Gasteiger partial charge in [0.2, 0.25) is 0 Å². The Bertz CT molecular complexity index is 300. The molecule has 0 aliphatic carbocycles. The lowest BCUT2D eigenvalue weighted by molar-refractivity contribution is 0.587. The standard InChI is InChI=1S/C9H12Br2N2/c1-5(12)9(13)7-4-6(10)2-3-8(7)11/h2-5,9H,12-13H2,1H3. The van der Waals surface area contributed by atoms with E-state index in [0.717, 1.165) is 14.5 Å². The van der Waals surface area contributed by atoms with Crippen LogP contribution in [0.15, 0.2) is 27.1 Å². The summed E-state index contributed by atoms with van der Waals surface area (Å²) in [6.07, 6.45) is 0. The highest BCUT2D eigenvalue weighted by atomic mass is 79.9. The van der Waals surface area contributed by atoms with Crippen molar-refractivity contribution in [2.75, 3.05) is 0 Å². The number of halogens is 2. The summed E-state index contributed by atoms with van der Waals surface area (Å²) in [5.74, 6) is 0. The van der Waals surface area contributed by atoms with Gasteiger partial charge in [-0.05, 0) is 30.7 Å². The first-order chi connectivity index (χ1) is 6.02. The monoisotopic (exact) mass is 306 g/mol. The van der Waals surface area contributed by atoms with Crippen LogP contribution in [0.1, 0.15) is 18.5 Å². The maximum atomic E-state index is 5.93. The van der Waals surface area contributed by atoms with Gasteiger partial charge >= 0.3 is 0 Å². The molecular weight excluding hydrogens is 296 g/mol. The fourth-order valence-corrected chi connectivity index (χ4v) is 1.94. The molecule has 13 heavy (non-hydrogen) atoms. The molecule has 4 N–H and O–H groups in total. The SMILES string of the molecule is CC(N)C(N)c1cc(Br)ccc1Br. The van der Waals surface area contributed by atoms with Crippen molar-refractivity contribution in [3.8, 4) is 0 Å². The summed E-state index contributed by atoms with van der Waals surface area (Å²) >= 11 is 6.84. The van der Waals surface area contributed by atoms with Crippen LogP contribution >= 0.6 is 31.9 Å². The Morgan fingerprint density at radius 1 is 1.23 bits per heavy atom. The molecule has 0 bridgehead atoms. The van der Waals surface area contributed by atoms with Crippen molar-refractivity contribution in [1.82, 2.24) is 0 Å². The van der Waals surface area contributed by atoms with Crippen LogP contribution in [0.5, 0.6) is 0 Å². The lowest BCUT2D eigenvalue weighted by Crippen LogP contribution is -2.31. The molecule has 0 spiro atoms. The number of hydrogen-bond acceptors (Lipinski definition) is 2. The topological polar surface area (TPSA) is 52.0 Å². The molecule has 0 fully saturated rings. The summed E-state index contributed by atoms with van der Waals surface area (Å²) in [5, 5.41) is 0. The Balaban J connectivity index is 3.05. The maximum Gasteiger partial charge on any atom is 0.0457 e. The van der Waals surface area contributed by atoms with Crippen LogP contribution in [-0.4, -0.2) is 6.04 Å². The van der Waals surface area contributed by atoms with E-state index in [0.29, 0.717) is 0 Å². The van der Waals surface area contributed by atoms with Crippen molar-refractivity contribution in [3.63, 3.8) is 0 Å². The molecule has 2 atom stereocenters. The molecule has 0 amide bonds. The summed E-state index contributed by atoms with van der Waals surface area (Å²) < 4.78 is 2.02. The van der Waals surface area contributed by atoms with Crippen molar-refractivity contribution in [2.45, 2.75) is 19.0 Å². The number of hydrogen-bond donors (Lipinski definition) is 2. The molecule has 2 nitrogen and oxygen atoms in total. The molecule has 0 heterocycles. The molecule has 0 aliphatic rings. The minimum absolute atomic E-state index is 0.0504. The van der Waals surface area contributed by atoms with Crippen LogP contribution in [0, 0.1) is 0 Å². The van der Waals surface area contributed by atoms with Gasteiger partial charge in [-0.3, -0.25) is 0 Å². The average Bonchev–Trinajstić information content (AvgIpc) is 2.08. The summed E-state index contributed by atoms with van der Waals surface area (Å²) in [6.45, 7) is 1.90. The van der Waals surface area contributed by atoms with E-state index in [9.17, 15) is 0 Å². The summed E-state index contributed by atoms with van der Waals surface area (Å²) in [5.41, 5.74) is 12.7. The Labute approximate surface area is 94.9 Å². The summed E-state index contributed by atoms with van der Waals surface area (Å²) in [6, 6.07) is 5.72. The van der Waals surface area contributed by atoms with Gasteiger partial charge in [0.05, 0.1) is 0 Å². The highest BCUT2D eigenvalue weighted by Crippen LogP contribution is 2.26. The first kappa shape index (κ1) is 11.2. The van der Waals surface area contributed by atoms with Crippen LogP contribution in [-0.2, 0) is 0 Å². The lowest BCUT2D eigenvalue weighted by Gasteiger charge is -2.17. The van der Waals surface area contributed by atoms with Crippen LogP contribution in [0.3, 0.4) is 0 Å². The predicted molar refractivity (Wildman–Crippen MR) is 62.4 cm³/mol. The van der Waals surface area contributed by atoms with Gasteiger partial charge in [-0.1, -0.05) is 31.9 Å². The molecule has 0 aromatic heterocycles. The highest BCUT2D eigenvalue weighted by molar-refractivity contribution is 9.11. The minimum Gasteiger partial charge on any atom is -0.326 e. The molecule has 1 aromatic rings. The normalized spacial score (nSPS) is 15.5. The fourth-order valence-electron chi connectivity index (χ4n) is 1.05. The van der Waals surface area contributed by atoms with Crippen molar-refractivity contribution in [1.29, 1.82) is 0 Å². The van der Waals surface area contributed by atoms with E-state index < -0.39 is 0 Å². The summed E-state index contributed by atoms with van der Waals surface area (Å²) in [4.78, 5) is 0. The second kappa shape index (κ2) is 4.55. The van der Waals surface area contributed by atoms with Crippen LogP contribution < -0.4 is 11.5 Å². The Hall–Kier alpha value is 0.1000. The molecule has 1 aromatic carbocycles. The predicted octanol–water partition coefficient (Wildman–Crippen LogP) is 2.56. The quantitative estimate of drug-likeness (QED) is 0.882. The molecule has 2 unspecified atom stereocenters. The number of nitrogens with two attached hydrogens (primary N) is 2. The molecule has 1 rings (SSSR count). The van der Waals surface area contributed by atoms with Gasteiger partial charge in [0.15, 0.2) is 0 Å².